The summed E-state index contributed by atoms with van der Waals surface area (Å²) in [7, 11) is 0. The van der Waals surface area contributed by atoms with Crippen molar-refractivity contribution < 1.29 is 0 Å². The third-order valence-corrected chi connectivity index (χ3v) is 2.63. The molecule has 3 saturated heterocycles. The molecule has 3 heterocycles. The highest BCUT2D eigenvalue weighted by Crippen LogP contribution is 2.17. The normalized spacial score (nSPS) is 49.7. The van der Waals surface area contributed by atoms with Crippen molar-refractivity contribution in [2.24, 2.45) is 0 Å². The lowest BCUT2D eigenvalue weighted by Crippen LogP contribution is -2.58. The molecule has 0 N–H and O–H groups in total. The van der Waals surface area contributed by atoms with E-state index in [0.29, 0.717) is 5.50 Å². The van der Waals surface area contributed by atoms with Gasteiger partial charge in [0.25, 0.3) is 0 Å². The van der Waals surface area contributed by atoms with Crippen LogP contribution in [0.5, 0.6) is 0 Å². The molecule has 1 atom stereocenters. The molecule has 3 rings (SSSR count). The Morgan fingerprint density at radius 3 is 2.00 bits per heavy atom. The number of hydrogen-bond donors (Lipinski definition) is 0. The molecule has 0 aromatic heterocycles. The zero-order valence-corrected chi connectivity index (χ0v) is 6.14. The minimum absolute atomic E-state index is 0.299. The number of nitrogens with zero attached hydrogens (tertiary/aromatic N) is 2. The van der Waals surface area contributed by atoms with E-state index in [1.165, 1.54) is 26.2 Å². The molecule has 0 aromatic rings. The van der Waals surface area contributed by atoms with E-state index in [0.717, 1.165) is 6.54 Å². The first-order valence-corrected chi connectivity index (χ1v) is 3.90. The first kappa shape index (κ1) is 5.96. The van der Waals surface area contributed by atoms with Gasteiger partial charge >= 0.3 is 0 Å². The summed E-state index contributed by atoms with van der Waals surface area (Å²) in [6.45, 7) is 5.87. The predicted octanol–water partition coefficient (Wildman–Crippen LogP) is 0.183. The molecule has 2 bridgehead atoms. The lowest BCUT2D eigenvalue weighted by molar-refractivity contribution is 0.0467. The van der Waals surface area contributed by atoms with E-state index in [1.54, 1.807) is 0 Å². The molecule has 52 valence electrons. The molecule has 0 radical (unpaired) electrons. The summed E-state index contributed by atoms with van der Waals surface area (Å²) >= 11 is 6.00. The second-order valence-corrected chi connectivity index (χ2v) is 3.27. The van der Waals surface area contributed by atoms with E-state index in [9.17, 15) is 0 Å². The third kappa shape index (κ3) is 0.955. The highest BCUT2D eigenvalue weighted by molar-refractivity contribution is 6.20. The largest absolute Gasteiger partial charge is 0.298 e. The Morgan fingerprint density at radius 1 is 1.11 bits per heavy atom. The van der Waals surface area contributed by atoms with Crippen LogP contribution >= 0.6 is 11.6 Å². The van der Waals surface area contributed by atoms with Crippen LogP contribution < -0.4 is 0 Å². The fourth-order valence-electron chi connectivity index (χ4n) is 1.55. The minimum Gasteiger partial charge on any atom is -0.298 e. The van der Waals surface area contributed by atoms with Crippen LogP contribution in [0.3, 0.4) is 0 Å². The number of rotatable bonds is 0. The summed E-state index contributed by atoms with van der Waals surface area (Å²) in [6, 6.07) is 0. The zero-order valence-electron chi connectivity index (χ0n) is 5.39. The summed E-state index contributed by atoms with van der Waals surface area (Å²) in [5, 5.41) is 0. The second-order valence-electron chi connectivity index (χ2n) is 2.77. The Morgan fingerprint density at radius 2 is 1.78 bits per heavy atom. The van der Waals surface area contributed by atoms with Crippen molar-refractivity contribution in [1.29, 1.82) is 0 Å². The number of halogens is 1. The number of alkyl halides is 1. The quantitative estimate of drug-likeness (QED) is 0.356. The number of piperazine rings is 3. The van der Waals surface area contributed by atoms with Gasteiger partial charge in [-0.25, -0.2) is 0 Å². The summed E-state index contributed by atoms with van der Waals surface area (Å²) in [5.41, 5.74) is 0.299. The van der Waals surface area contributed by atoms with Gasteiger partial charge in [0.15, 0.2) is 0 Å². The minimum atomic E-state index is 0.299. The van der Waals surface area contributed by atoms with Crippen LogP contribution in [-0.4, -0.2) is 48.0 Å². The van der Waals surface area contributed by atoms with Gasteiger partial charge in [0.1, 0.15) is 0 Å². The third-order valence-electron chi connectivity index (χ3n) is 2.21. The Kier molecular flexibility index (Phi) is 1.40. The van der Waals surface area contributed by atoms with Crippen molar-refractivity contribution in [3.63, 3.8) is 0 Å². The molecule has 0 amide bonds. The van der Waals surface area contributed by atoms with Gasteiger partial charge in [0, 0.05) is 32.7 Å². The molecule has 2 nitrogen and oxygen atoms in total. The van der Waals surface area contributed by atoms with Crippen LogP contribution in [0.25, 0.3) is 0 Å². The highest BCUT2D eigenvalue weighted by Gasteiger charge is 2.29. The van der Waals surface area contributed by atoms with E-state index in [-0.39, 0.29) is 0 Å². The molecule has 3 fully saturated rings. The Hall–Kier alpha value is 0.210. The van der Waals surface area contributed by atoms with Gasteiger partial charge in [-0.05, 0) is 0 Å². The van der Waals surface area contributed by atoms with Gasteiger partial charge in [-0.2, -0.15) is 0 Å². The van der Waals surface area contributed by atoms with Gasteiger partial charge in [0.2, 0.25) is 0 Å². The van der Waals surface area contributed by atoms with E-state index >= 15 is 0 Å². The highest BCUT2D eigenvalue weighted by atomic mass is 35.5. The van der Waals surface area contributed by atoms with Crippen LogP contribution in [0.15, 0.2) is 0 Å². The number of hydrogen-bond acceptors (Lipinski definition) is 2. The van der Waals surface area contributed by atoms with Crippen molar-refractivity contribution >= 4 is 11.6 Å². The van der Waals surface area contributed by atoms with E-state index in [2.05, 4.69) is 9.80 Å². The monoisotopic (exact) mass is 146 g/mol. The molecule has 0 aliphatic carbocycles. The molecule has 9 heavy (non-hydrogen) atoms. The second kappa shape index (κ2) is 2.11. The van der Waals surface area contributed by atoms with Crippen molar-refractivity contribution in [2.45, 2.75) is 5.50 Å². The molecule has 3 aliphatic rings. The summed E-state index contributed by atoms with van der Waals surface area (Å²) in [5.74, 6) is 0. The topological polar surface area (TPSA) is 6.48 Å². The standard InChI is InChI=1S/C6H11ClN2/c7-6-5-8-1-3-9(6)4-2-8/h6H,1-5H2/t6-/m1/s1. The average molecular weight is 147 g/mol. The van der Waals surface area contributed by atoms with Crippen molar-refractivity contribution in [2.75, 3.05) is 32.7 Å². The molecule has 0 unspecified atom stereocenters. The van der Waals surface area contributed by atoms with E-state index < -0.39 is 0 Å². The van der Waals surface area contributed by atoms with Crippen molar-refractivity contribution in [1.82, 2.24) is 9.80 Å². The van der Waals surface area contributed by atoms with Crippen LogP contribution in [0.1, 0.15) is 0 Å². The van der Waals surface area contributed by atoms with Gasteiger partial charge in [0.05, 0.1) is 5.50 Å². The Labute approximate surface area is 60.4 Å². The fraction of sp³-hybridized carbons (Fsp3) is 1.00. The lowest BCUT2D eigenvalue weighted by atomic mass is 10.2. The van der Waals surface area contributed by atoms with Crippen LogP contribution in [0.4, 0.5) is 0 Å². The Bertz CT molecular complexity index is 110. The zero-order chi connectivity index (χ0) is 6.27. The maximum Gasteiger partial charge on any atom is 0.0979 e. The van der Waals surface area contributed by atoms with Crippen molar-refractivity contribution in [3.05, 3.63) is 0 Å². The average Bonchev–Trinajstić information content (AvgIpc) is 1.90. The first-order valence-electron chi connectivity index (χ1n) is 3.47. The van der Waals surface area contributed by atoms with Crippen LogP contribution in [-0.2, 0) is 0 Å². The fourth-order valence-corrected chi connectivity index (χ4v) is 1.94. The molecular weight excluding hydrogens is 136 g/mol. The van der Waals surface area contributed by atoms with Gasteiger partial charge in [-0.1, -0.05) is 0 Å². The smallest absolute Gasteiger partial charge is 0.0979 e. The Balaban J connectivity index is 2.06. The lowest BCUT2D eigenvalue weighted by Gasteiger charge is -2.44. The maximum absolute atomic E-state index is 6.00. The molecule has 0 saturated carbocycles. The van der Waals surface area contributed by atoms with Gasteiger partial charge in [-0.3, -0.25) is 9.80 Å². The summed E-state index contributed by atoms with van der Waals surface area (Å²) in [4.78, 5) is 4.78. The first-order chi connectivity index (χ1) is 4.36. The van der Waals surface area contributed by atoms with Gasteiger partial charge in [-0.15, -0.1) is 11.6 Å². The summed E-state index contributed by atoms with van der Waals surface area (Å²) < 4.78 is 0. The summed E-state index contributed by atoms with van der Waals surface area (Å²) in [6.07, 6.45) is 0. The maximum atomic E-state index is 6.00. The van der Waals surface area contributed by atoms with Crippen LogP contribution in [0.2, 0.25) is 0 Å². The SMILES string of the molecule is Cl[C@H]1CN2CCN1CC2. The van der Waals surface area contributed by atoms with Crippen molar-refractivity contribution in [3.8, 4) is 0 Å². The molecule has 0 spiro atoms. The van der Waals surface area contributed by atoms with Crippen LogP contribution in [0, 0.1) is 0 Å². The van der Waals surface area contributed by atoms with E-state index in [1.807, 2.05) is 0 Å². The van der Waals surface area contributed by atoms with E-state index in [4.69, 9.17) is 11.6 Å². The molecule has 3 heteroatoms. The molecule has 3 aliphatic heterocycles. The number of fused-ring (bicyclic) bond motifs is 3. The molecule has 0 aromatic carbocycles. The van der Waals surface area contributed by atoms with Gasteiger partial charge < -0.3 is 0 Å². The predicted molar refractivity (Wildman–Crippen MR) is 37.7 cm³/mol. The molecular formula is C6H11ClN2.